The molecule has 0 radical (unpaired) electrons. The molecule has 0 fully saturated rings. The van der Waals surface area contributed by atoms with Crippen molar-refractivity contribution in [2.75, 3.05) is 18.4 Å². The predicted octanol–water partition coefficient (Wildman–Crippen LogP) is 4.48. The Morgan fingerprint density at radius 2 is 2.04 bits per heavy atom. The first-order chi connectivity index (χ1) is 11.3. The first-order valence-corrected chi connectivity index (χ1v) is 8.60. The van der Waals surface area contributed by atoms with E-state index < -0.39 is 0 Å². The van der Waals surface area contributed by atoms with Crippen molar-refractivity contribution < 1.29 is 0 Å². The van der Waals surface area contributed by atoms with Gasteiger partial charge in [-0.3, -0.25) is 4.99 Å². The van der Waals surface area contributed by atoms with Crippen LogP contribution in [0.5, 0.6) is 0 Å². The first-order valence-electron chi connectivity index (χ1n) is 8.22. The molecule has 3 nitrogen and oxygen atoms in total. The number of rotatable bonds is 2. The zero-order valence-electron chi connectivity index (χ0n) is 13.2. The van der Waals surface area contributed by atoms with Crippen molar-refractivity contribution in [3.63, 3.8) is 0 Å². The maximum absolute atomic E-state index is 6.19. The maximum atomic E-state index is 6.19. The standard InChI is InChI=1S/C19H20ClN3/c1-2-13-4-6-14(7-5-13)18-22-17-12-15(20)8-9-16(17)19-21-10-3-11-23(18)19/h4-9,12,18,22H,2-3,10-11H2,1H3/t18-/m0/s1. The van der Waals surface area contributed by atoms with Crippen LogP contribution in [-0.2, 0) is 6.42 Å². The molecule has 2 aliphatic rings. The van der Waals surface area contributed by atoms with E-state index in [0.717, 1.165) is 48.0 Å². The summed E-state index contributed by atoms with van der Waals surface area (Å²) in [5.74, 6) is 1.09. The van der Waals surface area contributed by atoms with Gasteiger partial charge >= 0.3 is 0 Å². The maximum Gasteiger partial charge on any atom is 0.134 e. The van der Waals surface area contributed by atoms with E-state index in [2.05, 4.69) is 47.5 Å². The summed E-state index contributed by atoms with van der Waals surface area (Å²) in [5.41, 5.74) is 4.84. The van der Waals surface area contributed by atoms with Gasteiger partial charge in [0.05, 0.1) is 0 Å². The van der Waals surface area contributed by atoms with E-state index >= 15 is 0 Å². The van der Waals surface area contributed by atoms with Crippen LogP contribution >= 0.6 is 11.6 Å². The van der Waals surface area contributed by atoms with Crippen molar-refractivity contribution in [2.24, 2.45) is 4.99 Å². The molecule has 1 atom stereocenters. The van der Waals surface area contributed by atoms with Gasteiger partial charge in [0.25, 0.3) is 0 Å². The summed E-state index contributed by atoms with van der Waals surface area (Å²) in [7, 11) is 0. The van der Waals surface area contributed by atoms with Crippen LogP contribution in [0.15, 0.2) is 47.5 Å². The van der Waals surface area contributed by atoms with Gasteiger partial charge in [-0.1, -0.05) is 42.8 Å². The van der Waals surface area contributed by atoms with Crippen molar-refractivity contribution in [3.8, 4) is 0 Å². The molecular formula is C19H20ClN3. The fourth-order valence-electron chi connectivity index (χ4n) is 3.37. The summed E-state index contributed by atoms with van der Waals surface area (Å²) in [6.07, 6.45) is 2.27. The van der Waals surface area contributed by atoms with Crippen LogP contribution in [-0.4, -0.2) is 23.8 Å². The van der Waals surface area contributed by atoms with Gasteiger partial charge in [0.15, 0.2) is 0 Å². The van der Waals surface area contributed by atoms with Crippen molar-refractivity contribution in [1.29, 1.82) is 0 Å². The molecule has 0 saturated heterocycles. The number of hydrogen-bond acceptors (Lipinski definition) is 3. The number of aryl methyl sites for hydroxylation is 1. The molecule has 118 valence electrons. The Kier molecular flexibility index (Phi) is 3.74. The van der Waals surface area contributed by atoms with E-state index in [1.54, 1.807) is 0 Å². The minimum Gasteiger partial charge on any atom is -0.361 e. The SMILES string of the molecule is CCc1ccc([C@H]2Nc3cc(Cl)ccc3C3=NCCCN32)cc1. The van der Waals surface area contributed by atoms with Crippen LogP contribution in [0.1, 0.15) is 36.2 Å². The van der Waals surface area contributed by atoms with Gasteiger partial charge in [0, 0.05) is 29.4 Å². The molecule has 2 aromatic carbocycles. The molecular weight excluding hydrogens is 306 g/mol. The quantitative estimate of drug-likeness (QED) is 0.881. The molecule has 0 spiro atoms. The number of nitrogens with one attached hydrogen (secondary N) is 1. The van der Waals surface area contributed by atoms with Gasteiger partial charge in [-0.05, 0) is 42.2 Å². The van der Waals surface area contributed by atoms with E-state index in [9.17, 15) is 0 Å². The molecule has 2 aliphatic heterocycles. The van der Waals surface area contributed by atoms with Gasteiger partial charge < -0.3 is 10.2 Å². The van der Waals surface area contributed by atoms with E-state index in [-0.39, 0.29) is 6.17 Å². The Hall–Kier alpha value is -2.00. The fourth-order valence-corrected chi connectivity index (χ4v) is 3.54. The highest BCUT2D eigenvalue weighted by Crippen LogP contribution is 2.36. The molecule has 4 heteroatoms. The molecule has 23 heavy (non-hydrogen) atoms. The van der Waals surface area contributed by atoms with Gasteiger partial charge in [-0.2, -0.15) is 0 Å². The Balaban J connectivity index is 1.78. The van der Waals surface area contributed by atoms with Crippen molar-refractivity contribution in [1.82, 2.24) is 4.90 Å². The number of aliphatic imine (C=N–C) groups is 1. The predicted molar refractivity (Wildman–Crippen MR) is 96.4 cm³/mol. The van der Waals surface area contributed by atoms with E-state index in [4.69, 9.17) is 16.6 Å². The minimum absolute atomic E-state index is 0.117. The Bertz CT molecular complexity index is 752. The molecule has 0 bridgehead atoms. The van der Waals surface area contributed by atoms with E-state index in [1.165, 1.54) is 11.1 Å². The van der Waals surface area contributed by atoms with Crippen LogP contribution in [0.4, 0.5) is 5.69 Å². The monoisotopic (exact) mass is 325 g/mol. The highest BCUT2D eigenvalue weighted by Gasteiger charge is 2.32. The average molecular weight is 326 g/mol. The molecule has 0 saturated carbocycles. The summed E-state index contributed by atoms with van der Waals surface area (Å²) in [6, 6.07) is 14.9. The van der Waals surface area contributed by atoms with E-state index in [0.29, 0.717) is 0 Å². The summed E-state index contributed by atoms with van der Waals surface area (Å²) >= 11 is 6.19. The van der Waals surface area contributed by atoms with Crippen LogP contribution in [0.3, 0.4) is 0 Å². The molecule has 0 amide bonds. The molecule has 2 heterocycles. The molecule has 0 aromatic heterocycles. The molecule has 1 N–H and O–H groups in total. The lowest BCUT2D eigenvalue weighted by Crippen LogP contribution is -2.46. The second-order valence-electron chi connectivity index (χ2n) is 6.08. The minimum atomic E-state index is 0.117. The lowest BCUT2D eigenvalue weighted by molar-refractivity contribution is 0.322. The molecule has 4 rings (SSSR count). The number of amidine groups is 1. The van der Waals surface area contributed by atoms with Gasteiger partial charge in [0.2, 0.25) is 0 Å². The van der Waals surface area contributed by atoms with Crippen LogP contribution in [0.2, 0.25) is 5.02 Å². The van der Waals surface area contributed by atoms with E-state index in [1.807, 2.05) is 12.1 Å². The number of nitrogens with zero attached hydrogens (tertiary/aromatic N) is 2. The molecule has 0 unspecified atom stereocenters. The number of hydrogen-bond donors (Lipinski definition) is 1. The van der Waals surface area contributed by atoms with Crippen LogP contribution in [0.25, 0.3) is 0 Å². The third kappa shape index (κ3) is 2.59. The number of benzene rings is 2. The second kappa shape index (κ2) is 5.89. The van der Waals surface area contributed by atoms with Gasteiger partial charge in [-0.15, -0.1) is 0 Å². The smallest absolute Gasteiger partial charge is 0.134 e. The summed E-state index contributed by atoms with van der Waals surface area (Å²) in [6.45, 7) is 4.10. The summed E-state index contributed by atoms with van der Waals surface area (Å²) < 4.78 is 0. The average Bonchev–Trinajstić information content (AvgIpc) is 2.61. The molecule has 0 aliphatic carbocycles. The topological polar surface area (TPSA) is 27.6 Å². The Morgan fingerprint density at radius 3 is 2.83 bits per heavy atom. The zero-order valence-corrected chi connectivity index (χ0v) is 14.0. The Morgan fingerprint density at radius 1 is 1.22 bits per heavy atom. The highest BCUT2D eigenvalue weighted by molar-refractivity contribution is 6.31. The van der Waals surface area contributed by atoms with Crippen molar-refractivity contribution in [3.05, 3.63) is 64.2 Å². The number of fused-ring (bicyclic) bond motifs is 3. The highest BCUT2D eigenvalue weighted by atomic mass is 35.5. The first kappa shape index (κ1) is 14.6. The van der Waals surface area contributed by atoms with Crippen LogP contribution in [0, 0.1) is 0 Å². The second-order valence-corrected chi connectivity index (χ2v) is 6.52. The lowest BCUT2D eigenvalue weighted by Gasteiger charge is -2.42. The molecule has 2 aromatic rings. The number of anilines is 1. The van der Waals surface area contributed by atoms with Crippen LogP contribution < -0.4 is 5.32 Å². The number of halogens is 1. The van der Waals surface area contributed by atoms with Crippen molar-refractivity contribution in [2.45, 2.75) is 25.9 Å². The summed E-state index contributed by atoms with van der Waals surface area (Å²) in [4.78, 5) is 7.17. The van der Waals surface area contributed by atoms with Gasteiger partial charge in [-0.25, -0.2) is 0 Å². The largest absolute Gasteiger partial charge is 0.361 e. The Labute approximate surface area is 142 Å². The summed E-state index contributed by atoms with van der Waals surface area (Å²) in [5, 5.41) is 4.40. The normalized spacial score (nSPS) is 19.5. The fraction of sp³-hybridized carbons (Fsp3) is 0.316. The third-order valence-electron chi connectivity index (χ3n) is 4.62. The van der Waals surface area contributed by atoms with Gasteiger partial charge in [0.1, 0.15) is 12.0 Å². The zero-order chi connectivity index (χ0) is 15.8. The van der Waals surface area contributed by atoms with Crippen molar-refractivity contribution >= 4 is 23.1 Å². The third-order valence-corrected chi connectivity index (χ3v) is 4.86. The lowest BCUT2D eigenvalue weighted by atomic mass is 10.0.